The molecular formula is C21H20N2O2. The van der Waals surface area contributed by atoms with E-state index in [1.807, 2.05) is 61.5 Å². The summed E-state index contributed by atoms with van der Waals surface area (Å²) in [5, 5.41) is 14.9. The SMILES string of the molecule is CCc1ccccc1NC(=O)CN=Cc1c(O)ccc2ccccc12. The lowest BCUT2D eigenvalue weighted by Gasteiger charge is -2.08. The molecule has 0 aliphatic heterocycles. The fourth-order valence-corrected chi connectivity index (χ4v) is 2.78. The van der Waals surface area contributed by atoms with E-state index in [0.717, 1.165) is 28.4 Å². The van der Waals surface area contributed by atoms with E-state index in [0.29, 0.717) is 5.56 Å². The van der Waals surface area contributed by atoms with Gasteiger partial charge in [0.1, 0.15) is 12.3 Å². The van der Waals surface area contributed by atoms with Gasteiger partial charge in [0.2, 0.25) is 5.91 Å². The highest BCUT2D eigenvalue weighted by atomic mass is 16.3. The number of hydrogen-bond acceptors (Lipinski definition) is 3. The maximum absolute atomic E-state index is 12.1. The van der Waals surface area contributed by atoms with Crippen LogP contribution in [-0.4, -0.2) is 23.8 Å². The predicted octanol–water partition coefficient (Wildman–Crippen LogP) is 4.17. The lowest BCUT2D eigenvalue weighted by molar-refractivity contribution is -0.114. The van der Waals surface area contributed by atoms with E-state index in [-0.39, 0.29) is 18.2 Å². The second kappa shape index (κ2) is 7.62. The van der Waals surface area contributed by atoms with Crippen molar-refractivity contribution in [3.8, 4) is 5.75 Å². The molecule has 1 amide bonds. The van der Waals surface area contributed by atoms with Gasteiger partial charge in [-0.15, -0.1) is 0 Å². The molecule has 0 heterocycles. The van der Waals surface area contributed by atoms with Crippen LogP contribution in [0, 0.1) is 0 Å². The normalized spacial score (nSPS) is 11.1. The van der Waals surface area contributed by atoms with Crippen LogP contribution in [-0.2, 0) is 11.2 Å². The number of anilines is 1. The van der Waals surface area contributed by atoms with Gasteiger partial charge in [0, 0.05) is 17.5 Å². The number of phenolic OH excluding ortho intramolecular Hbond substituents is 1. The van der Waals surface area contributed by atoms with E-state index < -0.39 is 0 Å². The topological polar surface area (TPSA) is 61.7 Å². The maximum Gasteiger partial charge on any atom is 0.246 e. The lowest BCUT2D eigenvalue weighted by Crippen LogP contribution is -2.16. The van der Waals surface area contributed by atoms with Crippen molar-refractivity contribution in [2.75, 3.05) is 11.9 Å². The van der Waals surface area contributed by atoms with Crippen LogP contribution in [0.4, 0.5) is 5.69 Å². The Hall–Kier alpha value is -3.14. The van der Waals surface area contributed by atoms with Crippen LogP contribution >= 0.6 is 0 Å². The van der Waals surface area contributed by atoms with Gasteiger partial charge in [0.25, 0.3) is 0 Å². The van der Waals surface area contributed by atoms with Gasteiger partial charge in [-0.3, -0.25) is 9.79 Å². The van der Waals surface area contributed by atoms with Gasteiger partial charge in [0.05, 0.1) is 0 Å². The van der Waals surface area contributed by atoms with E-state index in [9.17, 15) is 9.90 Å². The highest BCUT2D eigenvalue weighted by molar-refractivity contribution is 6.03. The smallest absolute Gasteiger partial charge is 0.246 e. The average molecular weight is 332 g/mol. The number of para-hydroxylation sites is 1. The van der Waals surface area contributed by atoms with E-state index in [1.54, 1.807) is 12.3 Å². The quantitative estimate of drug-likeness (QED) is 0.689. The van der Waals surface area contributed by atoms with Gasteiger partial charge in [0.15, 0.2) is 0 Å². The molecule has 0 aliphatic rings. The summed E-state index contributed by atoms with van der Waals surface area (Å²) in [6, 6.07) is 19.0. The summed E-state index contributed by atoms with van der Waals surface area (Å²) in [5.41, 5.74) is 2.53. The number of carbonyl (C=O) groups is 1. The van der Waals surface area contributed by atoms with E-state index in [2.05, 4.69) is 10.3 Å². The second-order valence-electron chi connectivity index (χ2n) is 5.75. The van der Waals surface area contributed by atoms with Crippen molar-refractivity contribution in [3.05, 3.63) is 71.8 Å². The number of rotatable bonds is 5. The van der Waals surface area contributed by atoms with Crippen molar-refractivity contribution < 1.29 is 9.90 Å². The van der Waals surface area contributed by atoms with Crippen LogP contribution in [0.5, 0.6) is 5.75 Å². The van der Waals surface area contributed by atoms with Gasteiger partial charge in [-0.25, -0.2) is 0 Å². The minimum Gasteiger partial charge on any atom is -0.507 e. The van der Waals surface area contributed by atoms with Crippen LogP contribution in [0.1, 0.15) is 18.1 Å². The van der Waals surface area contributed by atoms with Crippen molar-refractivity contribution in [2.45, 2.75) is 13.3 Å². The summed E-state index contributed by atoms with van der Waals surface area (Å²) < 4.78 is 0. The molecule has 0 saturated carbocycles. The molecule has 0 spiro atoms. The Bertz CT molecular complexity index is 932. The highest BCUT2D eigenvalue weighted by Crippen LogP contribution is 2.25. The number of hydrogen-bond donors (Lipinski definition) is 2. The number of benzene rings is 3. The highest BCUT2D eigenvalue weighted by Gasteiger charge is 2.06. The minimum absolute atomic E-state index is 0.000704. The first-order valence-corrected chi connectivity index (χ1v) is 8.27. The number of fused-ring (bicyclic) bond motifs is 1. The van der Waals surface area contributed by atoms with Crippen LogP contribution in [0.25, 0.3) is 10.8 Å². The number of aliphatic imine (C=N–C) groups is 1. The van der Waals surface area contributed by atoms with Crippen molar-refractivity contribution in [3.63, 3.8) is 0 Å². The number of aryl methyl sites for hydroxylation is 1. The molecule has 0 fully saturated rings. The number of amides is 1. The molecule has 0 aromatic heterocycles. The molecule has 0 saturated heterocycles. The van der Waals surface area contributed by atoms with Gasteiger partial charge in [-0.2, -0.15) is 0 Å². The molecule has 0 bridgehead atoms. The van der Waals surface area contributed by atoms with Gasteiger partial charge >= 0.3 is 0 Å². The zero-order chi connectivity index (χ0) is 17.6. The van der Waals surface area contributed by atoms with Gasteiger partial charge in [-0.1, -0.05) is 55.5 Å². The first-order valence-electron chi connectivity index (χ1n) is 8.27. The van der Waals surface area contributed by atoms with Crippen molar-refractivity contribution >= 4 is 28.6 Å². The molecule has 2 N–H and O–H groups in total. The minimum atomic E-state index is -0.183. The molecule has 0 aliphatic carbocycles. The van der Waals surface area contributed by atoms with Gasteiger partial charge in [-0.05, 0) is 34.9 Å². The van der Waals surface area contributed by atoms with Crippen molar-refractivity contribution in [2.24, 2.45) is 4.99 Å². The monoisotopic (exact) mass is 332 g/mol. The zero-order valence-corrected chi connectivity index (χ0v) is 14.1. The molecule has 25 heavy (non-hydrogen) atoms. The Kier molecular flexibility index (Phi) is 5.09. The standard InChI is InChI=1S/C21H20N2O2/c1-2-15-7-4-6-10-19(15)23-21(25)14-22-13-18-17-9-5-3-8-16(17)11-12-20(18)24/h3-13,24H,2,14H2,1H3,(H,23,25). The largest absolute Gasteiger partial charge is 0.507 e. The maximum atomic E-state index is 12.1. The van der Waals surface area contributed by atoms with Crippen molar-refractivity contribution in [1.29, 1.82) is 0 Å². The molecule has 0 radical (unpaired) electrons. The lowest BCUT2D eigenvalue weighted by atomic mass is 10.0. The average Bonchev–Trinajstić information content (AvgIpc) is 2.64. The fourth-order valence-electron chi connectivity index (χ4n) is 2.78. The first kappa shape index (κ1) is 16.7. The second-order valence-corrected chi connectivity index (χ2v) is 5.75. The van der Waals surface area contributed by atoms with E-state index in [1.165, 1.54) is 0 Å². The van der Waals surface area contributed by atoms with Crippen LogP contribution in [0.15, 0.2) is 65.7 Å². The van der Waals surface area contributed by atoms with Crippen molar-refractivity contribution in [1.82, 2.24) is 0 Å². The van der Waals surface area contributed by atoms with Gasteiger partial charge < -0.3 is 10.4 Å². The number of nitrogens with zero attached hydrogens (tertiary/aromatic N) is 1. The number of aromatic hydroxyl groups is 1. The summed E-state index contributed by atoms with van der Waals surface area (Å²) in [7, 11) is 0. The third kappa shape index (κ3) is 3.86. The summed E-state index contributed by atoms with van der Waals surface area (Å²) in [6.45, 7) is 2.05. The molecule has 3 aromatic rings. The summed E-state index contributed by atoms with van der Waals surface area (Å²) >= 11 is 0. The van der Waals surface area contributed by atoms with Crippen LogP contribution < -0.4 is 5.32 Å². The Balaban J connectivity index is 1.73. The summed E-state index contributed by atoms with van der Waals surface area (Å²) in [4.78, 5) is 16.3. The third-order valence-corrected chi connectivity index (χ3v) is 4.08. The summed E-state index contributed by atoms with van der Waals surface area (Å²) in [5.74, 6) is -0.0314. The van der Waals surface area contributed by atoms with Crippen LogP contribution in [0.3, 0.4) is 0 Å². The molecule has 126 valence electrons. The predicted molar refractivity (Wildman–Crippen MR) is 103 cm³/mol. The molecule has 0 unspecified atom stereocenters. The first-order chi connectivity index (χ1) is 12.2. The number of nitrogens with one attached hydrogen (secondary N) is 1. The molecule has 3 rings (SSSR count). The fraction of sp³-hybridized carbons (Fsp3) is 0.143. The third-order valence-electron chi connectivity index (χ3n) is 4.08. The zero-order valence-electron chi connectivity index (χ0n) is 14.1. The molecule has 4 nitrogen and oxygen atoms in total. The molecule has 0 atom stereocenters. The summed E-state index contributed by atoms with van der Waals surface area (Å²) in [6.07, 6.45) is 2.41. The Morgan fingerprint density at radius 3 is 2.68 bits per heavy atom. The van der Waals surface area contributed by atoms with E-state index >= 15 is 0 Å². The number of carbonyl (C=O) groups excluding carboxylic acids is 1. The molecule has 4 heteroatoms. The van der Waals surface area contributed by atoms with E-state index in [4.69, 9.17) is 0 Å². The molecular weight excluding hydrogens is 312 g/mol. The Labute approximate surface area is 146 Å². The Morgan fingerprint density at radius 2 is 1.84 bits per heavy atom. The Morgan fingerprint density at radius 1 is 1.08 bits per heavy atom. The van der Waals surface area contributed by atoms with Crippen LogP contribution in [0.2, 0.25) is 0 Å². The molecule has 3 aromatic carbocycles. The number of phenols is 1.